The molecule has 3 heterocycles. The summed E-state index contributed by atoms with van der Waals surface area (Å²) in [6, 6.07) is 13.8. The number of carbonyl (C=O) groups excluding carboxylic acids is 2. The first kappa shape index (κ1) is 17.1. The van der Waals surface area contributed by atoms with Gasteiger partial charge in [-0.3, -0.25) is 9.69 Å². The minimum Gasteiger partial charge on any atom is -0.369 e. The van der Waals surface area contributed by atoms with E-state index in [1.165, 1.54) is 21.9 Å². The van der Waals surface area contributed by atoms with Crippen LogP contribution in [0.1, 0.15) is 11.8 Å². The van der Waals surface area contributed by atoms with E-state index in [0.29, 0.717) is 6.67 Å². The molecule has 2 aliphatic rings. The van der Waals surface area contributed by atoms with E-state index in [-0.39, 0.29) is 11.9 Å². The predicted octanol–water partition coefficient (Wildman–Crippen LogP) is 2.29. The molecule has 0 saturated carbocycles. The second-order valence-electron chi connectivity index (χ2n) is 6.85. The minimum atomic E-state index is -0.947. The van der Waals surface area contributed by atoms with Crippen molar-refractivity contribution in [2.45, 2.75) is 12.5 Å². The highest BCUT2D eigenvalue weighted by molar-refractivity contribution is 7.10. The van der Waals surface area contributed by atoms with Gasteiger partial charge in [0.25, 0.3) is 5.91 Å². The molecule has 2 fully saturated rings. The van der Waals surface area contributed by atoms with Crippen LogP contribution in [0.15, 0.2) is 47.8 Å². The number of urea groups is 1. The highest BCUT2D eigenvalue weighted by atomic mass is 32.1. The maximum atomic E-state index is 12.9. The van der Waals surface area contributed by atoms with Crippen LogP contribution in [0.5, 0.6) is 0 Å². The van der Waals surface area contributed by atoms with Gasteiger partial charge in [0.1, 0.15) is 0 Å². The van der Waals surface area contributed by atoms with Gasteiger partial charge in [0.15, 0.2) is 5.54 Å². The Morgan fingerprint density at radius 2 is 1.77 bits per heavy atom. The minimum absolute atomic E-state index is 0.171. The molecule has 2 aliphatic heterocycles. The number of hydrogen-bond acceptors (Lipinski definition) is 5. The standard InChI is InChI=1S/C19H22N4O2S/c1-19(16-8-5-13-26-16)17(24)23(18(25)20-19)14-21-9-11-22(12-10-21)15-6-3-2-4-7-15/h2-8,13H,9-12,14H2,1H3,(H,20,25)/t19-/m0/s1. The number of anilines is 1. The molecule has 1 atom stereocenters. The van der Waals surface area contributed by atoms with Crippen molar-refractivity contribution in [2.24, 2.45) is 0 Å². The second kappa shape index (κ2) is 6.74. The Morgan fingerprint density at radius 1 is 1.04 bits per heavy atom. The van der Waals surface area contributed by atoms with Crippen molar-refractivity contribution in [3.8, 4) is 0 Å². The van der Waals surface area contributed by atoms with Crippen molar-refractivity contribution in [3.05, 3.63) is 52.7 Å². The zero-order valence-electron chi connectivity index (χ0n) is 14.7. The molecule has 2 aromatic rings. The average molecular weight is 370 g/mol. The van der Waals surface area contributed by atoms with Crippen molar-refractivity contribution in [2.75, 3.05) is 37.7 Å². The van der Waals surface area contributed by atoms with E-state index in [4.69, 9.17) is 0 Å². The lowest BCUT2D eigenvalue weighted by molar-refractivity contribution is -0.132. The summed E-state index contributed by atoms with van der Waals surface area (Å²) in [5.74, 6) is -0.171. The molecule has 26 heavy (non-hydrogen) atoms. The maximum absolute atomic E-state index is 12.9. The number of rotatable bonds is 4. The number of piperazine rings is 1. The fraction of sp³-hybridized carbons (Fsp3) is 0.368. The first-order valence-electron chi connectivity index (χ1n) is 8.78. The smallest absolute Gasteiger partial charge is 0.326 e. The quantitative estimate of drug-likeness (QED) is 0.839. The van der Waals surface area contributed by atoms with Crippen molar-refractivity contribution in [1.82, 2.24) is 15.1 Å². The number of carbonyl (C=O) groups is 2. The zero-order chi connectivity index (χ0) is 18.1. The van der Waals surface area contributed by atoms with Crippen LogP contribution in [0, 0.1) is 0 Å². The molecule has 0 spiro atoms. The normalized spacial score (nSPS) is 24.2. The number of benzene rings is 1. The average Bonchev–Trinajstić information content (AvgIpc) is 3.28. The molecule has 1 N–H and O–H groups in total. The van der Waals surface area contributed by atoms with Gasteiger partial charge in [0, 0.05) is 36.7 Å². The van der Waals surface area contributed by atoms with E-state index in [2.05, 4.69) is 27.2 Å². The topological polar surface area (TPSA) is 55.9 Å². The Morgan fingerprint density at radius 3 is 2.42 bits per heavy atom. The summed E-state index contributed by atoms with van der Waals surface area (Å²) in [5.41, 5.74) is 0.268. The van der Waals surface area contributed by atoms with E-state index >= 15 is 0 Å². The summed E-state index contributed by atoms with van der Waals surface area (Å²) >= 11 is 1.49. The van der Waals surface area contributed by atoms with E-state index in [1.807, 2.05) is 35.7 Å². The third-order valence-corrected chi connectivity index (χ3v) is 6.22. The molecule has 7 heteroatoms. The van der Waals surface area contributed by atoms with E-state index in [1.54, 1.807) is 6.92 Å². The third kappa shape index (κ3) is 2.97. The Balaban J connectivity index is 1.39. The number of nitrogens with zero attached hydrogens (tertiary/aromatic N) is 3. The highest BCUT2D eigenvalue weighted by Crippen LogP contribution is 2.32. The Kier molecular flexibility index (Phi) is 4.42. The van der Waals surface area contributed by atoms with Crippen LogP contribution in [-0.4, -0.2) is 54.6 Å². The summed E-state index contributed by atoms with van der Waals surface area (Å²) in [6.45, 7) is 5.54. The van der Waals surface area contributed by atoms with Crippen LogP contribution in [0.25, 0.3) is 0 Å². The molecule has 6 nitrogen and oxygen atoms in total. The van der Waals surface area contributed by atoms with Gasteiger partial charge < -0.3 is 10.2 Å². The van der Waals surface area contributed by atoms with Gasteiger partial charge in [-0.15, -0.1) is 11.3 Å². The molecule has 0 aliphatic carbocycles. The van der Waals surface area contributed by atoms with E-state index < -0.39 is 5.54 Å². The molecule has 3 amide bonds. The SMILES string of the molecule is C[C@@]1(c2cccs2)NC(=O)N(CN2CCN(c3ccccc3)CC2)C1=O. The molecular formula is C19H22N4O2S. The summed E-state index contributed by atoms with van der Waals surface area (Å²) < 4.78 is 0. The molecule has 0 radical (unpaired) electrons. The molecule has 136 valence electrons. The van der Waals surface area contributed by atoms with Crippen molar-refractivity contribution >= 4 is 29.0 Å². The molecule has 1 aromatic carbocycles. The molecule has 0 unspecified atom stereocenters. The first-order chi connectivity index (χ1) is 12.6. The largest absolute Gasteiger partial charge is 0.369 e. The number of thiophene rings is 1. The van der Waals surface area contributed by atoms with Crippen LogP contribution in [-0.2, 0) is 10.3 Å². The van der Waals surface area contributed by atoms with Crippen LogP contribution in [0.3, 0.4) is 0 Å². The Bertz CT molecular complexity index is 787. The number of imide groups is 1. The van der Waals surface area contributed by atoms with Gasteiger partial charge >= 0.3 is 6.03 Å². The van der Waals surface area contributed by atoms with Crippen LogP contribution in [0.2, 0.25) is 0 Å². The molecular weight excluding hydrogens is 348 g/mol. The number of amides is 3. The maximum Gasteiger partial charge on any atom is 0.326 e. The Labute approximate surface area is 157 Å². The summed E-state index contributed by atoms with van der Waals surface area (Å²) in [4.78, 5) is 32.0. The summed E-state index contributed by atoms with van der Waals surface area (Å²) in [7, 11) is 0. The van der Waals surface area contributed by atoms with Crippen molar-refractivity contribution < 1.29 is 9.59 Å². The fourth-order valence-corrected chi connectivity index (χ4v) is 4.38. The zero-order valence-corrected chi connectivity index (χ0v) is 15.5. The summed E-state index contributed by atoms with van der Waals surface area (Å²) in [6.07, 6.45) is 0. The molecule has 2 saturated heterocycles. The van der Waals surface area contributed by atoms with Gasteiger partial charge in [-0.25, -0.2) is 9.69 Å². The molecule has 0 bridgehead atoms. The number of para-hydroxylation sites is 1. The van der Waals surface area contributed by atoms with Crippen molar-refractivity contribution in [3.63, 3.8) is 0 Å². The number of hydrogen-bond donors (Lipinski definition) is 1. The van der Waals surface area contributed by atoms with Crippen molar-refractivity contribution in [1.29, 1.82) is 0 Å². The first-order valence-corrected chi connectivity index (χ1v) is 9.66. The second-order valence-corrected chi connectivity index (χ2v) is 7.80. The lowest BCUT2D eigenvalue weighted by atomic mass is 10.0. The van der Waals surface area contributed by atoms with Gasteiger partial charge in [0.05, 0.1) is 6.67 Å². The van der Waals surface area contributed by atoms with Gasteiger partial charge in [-0.1, -0.05) is 24.3 Å². The number of nitrogens with one attached hydrogen (secondary N) is 1. The van der Waals surface area contributed by atoms with E-state index in [9.17, 15) is 9.59 Å². The fourth-order valence-electron chi connectivity index (χ4n) is 3.54. The van der Waals surface area contributed by atoms with Gasteiger partial charge in [-0.2, -0.15) is 0 Å². The molecule has 1 aromatic heterocycles. The third-order valence-electron chi connectivity index (χ3n) is 5.12. The predicted molar refractivity (Wildman–Crippen MR) is 102 cm³/mol. The van der Waals surface area contributed by atoms with E-state index in [0.717, 1.165) is 31.1 Å². The summed E-state index contributed by atoms with van der Waals surface area (Å²) in [5, 5.41) is 4.79. The monoisotopic (exact) mass is 370 g/mol. The van der Waals surface area contributed by atoms with Crippen LogP contribution >= 0.6 is 11.3 Å². The van der Waals surface area contributed by atoms with Gasteiger partial charge in [-0.05, 0) is 30.5 Å². The Hall–Kier alpha value is -2.38. The van der Waals surface area contributed by atoms with Crippen LogP contribution in [0.4, 0.5) is 10.5 Å². The van der Waals surface area contributed by atoms with Crippen LogP contribution < -0.4 is 10.2 Å². The lowest BCUT2D eigenvalue weighted by Gasteiger charge is -2.37. The highest BCUT2D eigenvalue weighted by Gasteiger charge is 2.50. The van der Waals surface area contributed by atoms with Gasteiger partial charge in [0.2, 0.25) is 0 Å². The molecule has 4 rings (SSSR count). The lowest BCUT2D eigenvalue weighted by Crippen LogP contribution is -2.51.